The maximum absolute atomic E-state index is 11.8. The zero-order valence-electron chi connectivity index (χ0n) is 12.7. The van der Waals surface area contributed by atoms with Gasteiger partial charge in [0.05, 0.1) is 0 Å². The lowest BCUT2D eigenvalue weighted by Gasteiger charge is -2.14. The number of carbonyl (C=O) groups is 1. The molecular formula is C17H25NO. The van der Waals surface area contributed by atoms with Gasteiger partial charge >= 0.3 is 0 Å². The number of hydrogen-bond acceptors (Lipinski definition) is 1. The second-order valence-electron chi connectivity index (χ2n) is 6.03. The van der Waals surface area contributed by atoms with Crippen LogP contribution in [-0.4, -0.2) is 12.5 Å². The zero-order valence-corrected chi connectivity index (χ0v) is 12.7. The molecule has 0 bridgehead atoms. The van der Waals surface area contributed by atoms with E-state index in [1.165, 1.54) is 11.1 Å². The Kier molecular flexibility index (Phi) is 5.34. The molecule has 0 radical (unpaired) electrons. The summed E-state index contributed by atoms with van der Waals surface area (Å²) in [6.07, 6.45) is 3.20. The maximum Gasteiger partial charge on any atom is 0.251 e. The summed E-state index contributed by atoms with van der Waals surface area (Å²) in [7, 11) is 0. The molecule has 0 unspecified atom stereocenters. The smallest absolute Gasteiger partial charge is 0.251 e. The molecule has 0 aliphatic heterocycles. The second-order valence-corrected chi connectivity index (χ2v) is 6.03. The molecule has 0 atom stereocenters. The van der Waals surface area contributed by atoms with Crippen molar-refractivity contribution in [1.82, 2.24) is 5.32 Å². The Hall–Kier alpha value is -1.57. The van der Waals surface area contributed by atoms with E-state index in [-0.39, 0.29) is 11.3 Å². The summed E-state index contributed by atoms with van der Waals surface area (Å²) in [6, 6.07) is 7.80. The Morgan fingerprint density at radius 1 is 1.16 bits per heavy atom. The molecule has 0 aromatic heterocycles. The third-order valence-electron chi connectivity index (χ3n) is 2.79. The third kappa shape index (κ3) is 5.29. The molecule has 19 heavy (non-hydrogen) atoms. The van der Waals surface area contributed by atoms with E-state index in [4.69, 9.17) is 0 Å². The van der Waals surface area contributed by atoms with Gasteiger partial charge in [-0.15, -0.1) is 0 Å². The van der Waals surface area contributed by atoms with Crippen LogP contribution in [0.4, 0.5) is 0 Å². The van der Waals surface area contributed by atoms with E-state index < -0.39 is 0 Å². The Morgan fingerprint density at radius 3 is 2.16 bits per heavy atom. The van der Waals surface area contributed by atoms with Crippen LogP contribution in [-0.2, 0) is 0 Å². The summed E-state index contributed by atoms with van der Waals surface area (Å²) in [4.78, 5) is 11.8. The number of rotatable bonds is 4. The summed E-state index contributed by atoms with van der Waals surface area (Å²) in [5.41, 5.74) is 3.30. The van der Waals surface area contributed by atoms with E-state index in [9.17, 15) is 4.79 Å². The van der Waals surface area contributed by atoms with Crippen LogP contribution < -0.4 is 5.32 Å². The summed E-state index contributed by atoms with van der Waals surface area (Å²) < 4.78 is 0. The molecule has 0 saturated carbocycles. The van der Waals surface area contributed by atoms with Crippen LogP contribution in [0.15, 0.2) is 30.3 Å². The topological polar surface area (TPSA) is 29.1 Å². The van der Waals surface area contributed by atoms with Crippen LogP contribution >= 0.6 is 0 Å². The Labute approximate surface area is 116 Å². The Bertz CT molecular complexity index is 449. The predicted molar refractivity (Wildman–Crippen MR) is 82.2 cm³/mol. The standard InChI is InChI=1S/C17H25NO/c1-6-11-18-16(19)15-9-7-14(8-10-15)13(2)12-17(3,4)5/h7-10,12H,6,11H2,1-5H3,(H,18,19). The number of amides is 1. The molecule has 0 saturated heterocycles. The largest absolute Gasteiger partial charge is 0.352 e. The van der Waals surface area contributed by atoms with Crippen LogP contribution in [0.3, 0.4) is 0 Å². The van der Waals surface area contributed by atoms with Crippen LogP contribution in [0.5, 0.6) is 0 Å². The molecule has 0 fully saturated rings. The molecule has 0 spiro atoms. The summed E-state index contributed by atoms with van der Waals surface area (Å²) >= 11 is 0. The fraction of sp³-hybridized carbons (Fsp3) is 0.471. The van der Waals surface area contributed by atoms with Crippen molar-refractivity contribution in [3.63, 3.8) is 0 Å². The second kappa shape index (κ2) is 6.55. The van der Waals surface area contributed by atoms with Gasteiger partial charge in [0.2, 0.25) is 0 Å². The van der Waals surface area contributed by atoms with Crippen LogP contribution in [0.25, 0.3) is 5.57 Å². The molecule has 1 rings (SSSR count). The molecule has 1 aromatic rings. The third-order valence-corrected chi connectivity index (χ3v) is 2.79. The highest BCUT2D eigenvalue weighted by Gasteiger charge is 2.08. The summed E-state index contributed by atoms with van der Waals surface area (Å²) in [6.45, 7) is 11.4. The quantitative estimate of drug-likeness (QED) is 0.859. The van der Waals surface area contributed by atoms with Gasteiger partial charge in [-0.1, -0.05) is 45.9 Å². The SMILES string of the molecule is CCCNC(=O)c1ccc(C(C)=CC(C)(C)C)cc1. The van der Waals surface area contributed by atoms with Crippen LogP contribution in [0.2, 0.25) is 0 Å². The first-order valence-electron chi connectivity index (χ1n) is 6.91. The molecule has 1 aromatic carbocycles. The van der Waals surface area contributed by atoms with Gasteiger partial charge in [0.15, 0.2) is 0 Å². The van der Waals surface area contributed by atoms with Gasteiger partial charge in [-0.2, -0.15) is 0 Å². The first-order valence-corrected chi connectivity index (χ1v) is 6.91. The summed E-state index contributed by atoms with van der Waals surface area (Å²) in [5, 5.41) is 2.88. The molecule has 104 valence electrons. The average molecular weight is 259 g/mol. The van der Waals surface area contributed by atoms with Gasteiger partial charge in [0, 0.05) is 12.1 Å². The molecule has 0 aliphatic rings. The van der Waals surface area contributed by atoms with E-state index in [1.54, 1.807) is 0 Å². The van der Waals surface area contributed by atoms with Gasteiger partial charge in [0.25, 0.3) is 5.91 Å². The van der Waals surface area contributed by atoms with Crippen molar-refractivity contribution >= 4 is 11.5 Å². The van der Waals surface area contributed by atoms with Crippen LogP contribution in [0.1, 0.15) is 57.0 Å². The maximum atomic E-state index is 11.8. The van der Waals surface area contributed by atoms with Crippen molar-refractivity contribution in [2.45, 2.75) is 41.0 Å². The van der Waals surface area contributed by atoms with Gasteiger partial charge in [0.1, 0.15) is 0 Å². The molecule has 0 heterocycles. The number of nitrogens with one attached hydrogen (secondary N) is 1. The summed E-state index contributed by atoms with van der Waals surface area (Å²) in [5.74, 6) is 0.00542. The molecular weight excluding hydrogens is 234 g/mol. The first-order chi connectivity index (χ1) is 8.83. The van der Waals surface area contributed by atoms with Crippen molar-refractivity contribution in [3.05, 3.63) is 41.5 Å². The lowest BCUT2D eigenvalue weighted by molar-refractivity contribution is 0.0953. The van der Waals surface area contributed by atoms with E-state index in [0.717, 1.165) is 18.5 Å². The van der Waals surface area contributed by atoms with Crippen molar-refractivity contribution in [3.8, 4) is 0 Å². The number of allylic oxidation sites excluding steroid dienone is 2. The average Bonchev–Trinajstić information content (AvgIpc) is 2.34. The molecule has 0 aliphatic carbocycles. The first kappa shape index (κ1) is 15.5. The number of benzene rings is 1. The highest BCUT2D eigenvalue weighted by Crippen LogP contribution is 2.23. The van der Waals surface area contributed by atoms with Crippen LogP contribution in [0, 0.1) is 5.41 Å². The van der Waals surface area contributed by atoms with E-state index in [1.807, 2.05) is 31.2 Å². The zero-order chi connectivity index (χ0) is 14.5. The fourth-order valence-electron chi connectivity index (χ4n) is 1.96. The minimum absolute atomic E-state index is 0.00542. The molecule has 2 heteroatoms. The van der Waals surface area contributed by atoms with Crippen molar-refractivity contribution in [2.75, 3.05) is 6.54 Å². The lowest BCUT2D eigenvalue weighted by Crippen LogP contribution is -2.23. The highest BCUT2D eigenvalue weighted by atomic mass is 16.1. The van der Waals surface area contributed by atoms with Crippen molar-refractivity contribution in [2.24, 2.45) is 5.41 Å². The van der Waals surface area contributed by atoms with Gasteiger partial charge in [-0.05, 0) is 42.0 Å². The van der Waals surface area contributed by atoms with E-state index in [2.05, 4.69) is 39.1 Å². The predicted octanol–water partition coefficient (Wildman–Crippen LogP) is 4.28. The van der Waals surface area contributed by atoms with Gasteiger partial charge in [-0.3, -0.25) is 4.79 Å². The van der Waals surface area contributed by atoms with E-state index >= 15 is 0 Å². The molecule has 2 nitrogen and oxygen atoms in total. The van der Waals surface area contributed by atoms with Gasteiger partial charge < -0.3 is 5.32 Å². The minimum atomic E-state index is 0.00542. The molecule has 1 N–H and O–H groups in total. The highest BCUT2D eigenvalue weighted by molar-refractivity contribution is 5.94. The number of hydrogen-bond donors (Lipinski definition) is 1. The van der Waals surface area contributed by atoms with E-state index in [0.29, 0.717) is 0 Å². The van der Waals surface area contributed by atoms with Gasteiger partial charge in [-0.25, -0.2) is 0 Å². The monoisotopic (exact) mass is 259 g/mol. The van der Waals surface area contributed by atoms with Crippen molar-refractivity contribution < 1.29 is 4.79 Å². The number of carbonyl (C=O) groups excluding carboxylic acids is 1. The van der Waals surface area contributed by atoms with Crippen molar-refractivity contribution in [1.29, 1.82) is 0 Å². The normalized spacial score (nSPS) is 12.4. The Morgan fingerprint density at radius 2 is 1.68 bits per heavy atom. The fourth-order valence-corrected chi connectivity index (χ4v) is 1.96. The molecule has 1 amide bonds. The lowest BCUT2D eigenvalue weighted by atomic mass is 9.91. The minimum Gasteiger partial charge on any atom is -0.352 e. The Balaban J connectivity index is 2.82.